The fraction of sp³-hybridized carbons (Fsp3) is 0.333. The van der Waals surface area contributed by atoms with Gasteiger partial charge in [-0.05, 0) is 79.3 Å². The van der Waals surface area contributed by atoms with Gasteiger partial charge in [-0.2, -0.15) is 19.5 Å². The van der Waals surface area contributed by atoms with E-state index in [4.69, 9.17) is 14.3 Å². The summed E-state index contributed by atoms with van der Waals surface area (Å²) in [4.78, 5) is 16.0. The number of halogens is 2. The van der Waals surface area contributed by atoms with Crippen molar-refractivity contribution in [2.45, 2.75) is 58.3 Å². The number of hydrogen-bond donors (Lipinski definition) is 6. The van der Waals surface area contributed by atoms with Crippen LogP contribution >= 0.6 is 21.4 Å². The fourth-order valence-corrected chi connectivity index (χ4v) is 4.40. The van der Waals surface area contributed by atoms with Crippen molar-refractivity contribution in [1.29, 1.82) is 0 Å². The standard InChI is InChI=1S/C20H14N4.C10H26N4.Cl2O2S/c1-2-14-10-16-5-6-18(23-16)12-20-8-7-19(24-20)11-17-4-3-15(22-17)9-13(1)21-14;1-2-3-4-5-6-7-8-9-10-12-14-13-11;1-5(2,3)4/h1-12,21-22H;12-14H,2-11H2,1H3;. The first-order valence-corrected chi connectivity index (χ1v) is 17.5. The van der Waals surface area contributed by atoms with Crippen molar-refractivity contribution in [3.63, 3.8) is 0 Å². The molecule has 2 aliphatic heterocycles. The van der Waals surface area contributed by atoms with Gasteiger partial charge in [-0.1, -0.05) is 51.9 Å². The Morgan fingerprint density at radius 1 is 0.674 bits per heavy atom. The van der Waals surface area contributed by atoms with E-state index in [0.29, 0.717) is 0 Å². The van der Waals surface area contributed by atoms with Crippen molar-refractivity contribution in [3.05, 3.63) is 71.3 Å². The van der Waals surface area contributed by atoms with E-state index in [2.05, 4.69) is 95.1 Å². The second kappa shape index (κ2) is 18.6. The molecule has 0 unspecified atom stereocenters. The molecule has 0 fully saturated rings. The first-order chi connectivity index (χ1) is 20.7. The molecule has 8 bridgehead atoms. The van der Waals surface area contributed by atoms with Crippen LogP contribution in [0, 0.1) is 0 Å². The Morgan fingerprint density at radius 2 is 1.07 bits per heavy atom. The van der Waals surface area contributed by atoms with Crippen molar-refractivity contribution >= 4 is 76.0 Å². The van der Waals surface area contributed by atoms with Crippen molar-refractivity contribution in [2.24, 2.45) is 5.84 Å². The lowest BCUT2D eigenvalue weighted by molar-refractivity contribution is 0.431. The molecule has 0 amide bonds. The highest BCUT2D eigenvalue weighted by atomic mass is 36.0. The second-order valence-electron chi connectivity index (χ2n) is 9.95. The van der Waals surface area contributed by atoms with E-state index in [1.807, 2.05) is 42.5 Å². The maximum absolute atomic E-state index is 9.16. The average Bonchev–Trinajstić information content (AvgIpc) is 3.76. The van der Waals surface area contributed by atoms with Gasteiger partial charge in [0.1, 0.15) is 0 Å². The quantitative estimate of drug-likeness (QED) is 0.0389. The zero-order valence-electron chi connectivity index (χ0n) is 24.2. The first-order valence-electron chi connectivity index (χ1n) is 14.3. The molecule has 43 heavy (non-hydrogen) atoms. The van der Waals surface area contributed by atoms with Gasteiger partial charge in [-0.15, -0.1) is 0 Å². The number of H-pyrrole nitrogens is 2. The number of fused-ring (bicyclic) bond motifs is 8. The van der Waals surface area contributed by atoms with Crippen molar-refractivity contribution < 1.29 is 8.42 Å². The number of hydrogen-bond acceptors (Lipinski definition) is 8. The minimum atomic E-state index is -3.72. The molecule has 3 aromatic rings. The minimum Gasteiger partial charge on any atom is -0.355 e. The van der Waals surface area contributed by atoms with E-state index in [9.17, 15) is 0 Å². The molecule has 0 spiro atoms. The lowest BCUT2D eigenvalue weighted by Gasteiger charge is -2.04. The second-order valence-corrected chi connectivity index (χ2v) is 13.6. The minimum absolute atomic E-state index is 0.915. The number of nitrogens with one attached hydrogen (secondary N) is 5. The summed E-state index contributed by atoms with van der Waals surface area (Å²) in [6.07, 6.45) is 18.9. The summed E-state index contributed by atoms with van der Waals surface area (Å²) < 4.78 is 18.3. The van der Waals surface area contributed by atoms with E-state index in [1.165, 1.54) is 51.4 Å². The van der Waals surface area contributed by atoms with Crippen molar-refractivity contribution in [1.82, 2.24) is 36.4 Å². The summed E-state index contributed by atoms with van der Waals surface area (Å²) in [5.74, 6) is 5.01. The van der Waals surface area contributed by atoms with E-state index < -0.39 is 8.26 Å². The third kappa shape index (κ3) is 14.8. The van der Waals surface area contributed by atoms with E-state index in [-0.39, 0.29) is 0 Å². The van der Waals surface area contributed by atoms with Gasteiger partial charge in [-0.25, -0.2) is 15.4 Å². The molecule has 0 saturated carbocycles. The Labute approximate surface area is 262 Å². The van der Waals surface area contributed by atoms with Crippen molar-refractivity contribution in [3.8, 4) is 0 Å². The number of nitrogens with two attached hydrogens (primary N) is 1. The zero-order valence-corrected chi connectivity index (χ0v) is 26.6. The zero-order chi connectivity index (χ0) is 30.9. The summed E-state index contributed by atoms with van der Waals surface area (Å²) in [6, 6.07) is 16.4. The number of hydrazine groups is 3. The SMILES string of the molecule is C1=Cc2cc3ccc(cc4ccc(cc5nc(cc1n2)C=C5)[nH]4)[nH]3.CCCCCCCCCCNNNN.O=S(=O)(Cl)Cl. The summed E-state index contributed by atoms with van der Waals surface area (Å²) in [5.41, 5.74) is 15.8. The highest BCUT2D eigenvalue weighted by molar-refractivity contribution is 8.31. The van der Waals surface area contributed by atoms with Gasteiger partial charge in [0.05, 0.1) is 22.8 Å². The number of aromatic nitrogens is 4. The summed E-state index contributed by atoms with van der Waals surface area (Å²) >= 11 is 0. The normalized spacial score (nSPS) is 11.9. The predicted octanol–water partition coefficient (Wildman–Crippen LogP) is 6.96. The lowest BCUT2D eigenvalue weighted by Crippen LogP contribution is -2.47. The van der Waals surface area contributed by atoms with Gasteiger partial charge in [0, 0.05) is 50.0 Å². The van der Waals surface area contributed by atoms with Crippen LogP contribution in [0.15, 0.2) is 48.5 Å². The largest absolute Gasteiger partial charge is 0.355 e. The molecule has 0 radical (unpaired) electrons. The van der Waals surface area contributed by atoms with Crippen LogP contribution in [0.1, 0.15) is 81.1 Å². The van der Waals surface area contributed by atoms with Gasteiger partial charge in [0.25, 0.3) is 0 Å². The molecule has 3 aromatic heterocycles. The number of aromatic amines is 2. The highest BCUT2D eigenvalue weighted by Gasteiger charge is 2.02. The van der Waals surface area contributed by atoms with E-state index in [0.717, 1.165) is 51.4 Å². The van der Waals surface area contributed by atoms with Gasteiger partial charge >= 0.3 is 8.26 Å². The molecule has 0 aliphatic carbocycles. The van der Waals surface area contributed by atoms with Gasteiger partial charge in [-0.3, -0.25) is 5.84 Å². The van der Waals surface area contributed by atoms with Crippen LogP contribution in [0.2, 0.25) is 0 Å². The van der Waals surface area contributed by atoms with Gasteiger partial charge < -0.3 is 9.97 Å². The molecule has 10 nitrogen and oxygen atoms in total. The van der Waals surface area contributed by atoms with E-state index in [1.54, 1.807) is 0 Å². The number of nitrogens with zero attached hydrogens (tertiary/aromatic N) is 2. The number of rotatable bonds is 11. The highest BCUT2D eigenvalue weighted by Crippen LogP contribution is 2.17. The molecular weight excluding hydrogens is 607 g/mol. The van der Waals surface area contributed by atoms with Crippen molar-refractivity contribution in [2.75, 3.05) is 6.54 Å². The maximum Gasteiger partial charge on any atom is 0.317 e. The molecule has 5 heterocycles. The third-order valence-corrected chi connectivity index (χ3v) is 6.36. The van der Waals surface area contributed by atoms with E-state index >= 15 is 0 Å². The van der Waals surface area contributed by atoms with Crippen LogP contribution in [0.5, 0.6) is 0 Å². The molecule has 2 aliphatic rings. The van der Waals surface area contributed by atoms with Crippen LogP contribution in [0.25, 0.3) is 46.4 Å². The molecule has 0 saturated heterocycles. The lowest BCUT2D eigenvalue weighted by atomic mass is 10.1. The summed E-state index contributed by atoms with van der Waals surface area (Å²) in [6.45, 7) is 3.23. The monoisotopic (exact) mass is 646 g/mol. The predicted molar refractivity (Wildman–Crippen MR) is 181 cm³/mol. The van der Waals surface area contributed by atoms with Gasteiger partial charge in [0.15, 0.2) is 0 Å². The van der Waals surface area contributed by atoms with Crippen LogP contribution in [0.4, 0.5) is 0 Å². The van der Waals surface area contributed by atoms with Crippen LogP contribution < -0.4 is 22.3 Å². The molecular formula is C30H40Cl2N8O2S. The Bertz CT molecular complexity index is 1510. The average molecular weight is 648 g/mol. The fourth-order valence-electron chi connectivity index (χ4n) is 4.40. The van der Waals surface area contributed by atoms with Gasteiger partial charge in [0.2, 0.25) is 0 Å². The number of unbranched alkanes of at least 4 members (excludes halogenated alkanes) is 7. The molecule has 0 atom stereocenters. The summed E-state index contributed by atoms with van der Waals surface area (Å²) in [5, 5.41) is 0. The maximum atomic E-state index is 9.16. The summed E-state index contributed by atoms with van der Waals surface area (Å²) in [7, 11) is 4.81. The molecule has 0 aromatic carbocycles. The Kier molecular flexibility index (Phi) is 14.9. The first kappa shape index (κ1) is 34.5. The molecule has 13 heteroatoms. The topological polar surface area (TPSA) is 154 Å². The third-order valence-electron chi connectivity index (χ3n) is 6.36. The Balaban J connectivity index is 0.000000228. The molecule has 5 rings (SSSR count). The van der Waals surface area contributed by atoms with Crippen LogP contribution in [0.3, 0.4) is 0 Å². The Morgan fingerprint density at radius 3 is 1.51 bits per heavy atom. The molecule has 7 N–H and O–H groups in total. The van der Waals surface area contributed by atoms with Crippen LogP contribution in [-0.2, 0) is 8.26 Å². The Hall–Kier alpha value is -3.03. The van der Waals surface area contributed by atoms with Crippen LogP contribution in [-0.4, -0.2) is 34.9 Å². The smallest absolute Gasteiger partial charge is 0.317 e. The molecule has 232 valence electrons.